The van der Waals surface area contributed by atoms with Gasteiger partial charge in [-0.05, 0) is 55.5 Å². The Balaban J connectivity index is 2.62. The second kappa shape index (κ2) is 7.19. The molecule has 0 bridgehead atoms. The zero-order valence-electron chi connectivity index (χ0n) is 16.8. The normalized spacial score (nSPS) is 13.1. The molecule has 0 aromatic heterocycles. The Labute approximate surface area is 159 Å². The van der Waals surface area contributed by atoms with Crippen molar-refractivity contribution in [2.75, 3.05) is 0 Å². The van der Waals surface area contributed by atoms with Crippen molar-refractivity contribution in [3.05, 3.63) is 53.1 Å². The third kappa shape index (κ3) is 5.48. The van der Waals surface area contributed by atoms with Gasteiger partial charge < -0.3 is 10.4 Å². The van der Waals surface area contributed by atoms with E-state index in [-0.39, 0.29) is 16.7 Å². The van der Waals surface area contributed by atoms with Crippen LogP contribution in [0.1, 0.15) is 58.2 Å². The highest BCUT2D eigenvalue weighted by atomic mass is 19.4. The lowest BCUT2D eigenvalue weighted by molar-refractivity contribution is -0.137. The SMILES string of the molecule is CC(C)(C)NCc1cc(C(C)(C)C)cc(-c2cccc(C(F)(F)F)c2)c1O. The summed E-state index contributed by atoms with van der Waals surface area (Å²) >= 11 is 0. The molecular formula is C22H28F3NO. The predicted molar refractivity (Wildman–Crippen MR) is 104 cm³/mol. The number of alkyl halides is 3. The summed E-state index contributed by atoms with van der Waals surface area (Å²) in [5.74, 6) is 0.0130. The minimum atomic E-state index is -4.43. The largest absolute Gasteiger partial charge is 0.507 e. The summed E-state index contributed by atoms with van der Waals surface area (Å²) in [6, 6.07) is 8.79. The summed E-state index contributed by atoms with van der Waals surface area (Å²) < 4.78 is 39.3. The molecule has 0 unspecified atom stereocenters. The summed E-state index contributed by atoms with van der Waals surface area (Å²) in [7, 11) is 0. The fourth-order valence-corrected chi connectivity index (χ4v) is 2.71. The van der Waals surface area contributed by atoms with Crippen molar-refractivity contribution in [1.29, 1.82) is 0 Å². The van der Waals surface area contributed by atoms with Gasteiger partial charge in [0.2, 0.25) is 0 Å². The molecule has 0 amide bonds. The Kier molecular flexibility index (Phi) is 5.67. The van der Waals surface area contributed by atoms with Gasteiger partial charge in [0, 0.05) is 23.2 Å². The van der Waals surface area contributed by atoms with Crippen LogP contribution in [0, 0.1) is 0 Å². The van der Waals surface area contributed by atoms with Gasteiger partial charge in [-0.1, -0.05) is 39.0 Å². The first kappa shape index (κ1) is 21.3. The minimum Gasteiger partial charge on any atom is -0.507 e. The van der Waals surface area contributed by atoms with Crippen LogP contribution in [0.15, 0.2) is 36.4 Å². The molecule has 0 fully saturated rings. The first-order chi connectivity index (χ1) is 12.2. The van der Waals surface area contributed by atoms with Crippen LogP contribution in [0.2, 0.25) is 0 Å². The molecule has 0 atom stereocenters. The van der Waals surface area contributed by atoms with Crippen LogP contribution in [-0.2, 0) is 18.1 Å². The fraction of sp³-hybridized carbons (Fsp3) is 0.455. The van der Waals surface area contributed by atoms with E-state index in [0.717, 1.165) is 17.7 Å². The van der Waals surface area contributed by atoms with Crippen LogP contribution in [0.5, 0.6) is 5.75 Å². The second-order valence-electron chi connectivity index (χ2n) is 8.96. The Morgan fingerprint density at radius 3 is 2.04 bits per heavy atom. The number of nitrogens with one attached hydrogen (secondary N) is 1. The number of aromatic hydroxyl groups is 1. The van der Waals surface area contributed by atoms with Gasteiger partial charge in [-0.3, -0.25) is 0 Å². The molecule has 2 aromatic rings. The summed E-state index contributed by atoms with van der Waals surface area (Å²) in [6.07, 6.45) is -4.43. The second-order valence-corrected chi connectivity index (χ2v) is 8.96. The zero-order valence-corrected chi connectivity index (χ0v) is 16.8. The molecule has 0 saturated heterocycles. The van der Waals surface area contributed by atoms with E-state index >= 15 is 0 Å². The molecule has 0 heterocycles. The number of phenolic OH excluding ortho intramolecular Hbond substituents is 1. The van der Waals surface area contributed by atoms with Gasteiger partial charge in [0.1, 0.15) is 5.75 Å². The van der Waals surface area contributed by atoms with Crippen LogP contribution in [0.4, 0.5) is 13.2 Å². The molecule has 0 aliphatic heterocycles. The highest BCUT2D eigenvalue weighted by Gasteiger charge is 2.31. The lowest BCUT2D eigenvalue weighted by Crippen LogP contribution is -2.35. The van der Waals surface area contributed by atoms with E-state index in [4.69, 9.17) is 0 Å². The minimum absolute atomic E-state index is 0.0130. The number of hydrogen-bond acceptors (Lipinski definition) is 2. The van der Waals surface area contributed by atoms with Gasteiger partial charge >= 0.3 is 6.18 Å². The summed E-state index contributed by atoms with van der Waals surface area (Å²) in [5, 5.41) is 14.1. The molecule has 2 N–H and O–H groups in total. The van der Waals surface area contributed by atoms with Gasteiger partial charge in [0.05, 0.1) is 5.56 Å². The average molecular weight is 379 g/mol. The monoisotopic (exact) mass is 379 g/mol. The fourth-order valence-electron chi connectivity index (χ4n) is 2.71. The van der Waals surface area contributed by atoms with E-state index < -0.39 is 11.7 Å². The Morgan fingerprint density at radius 1 is 0.889 bits per heavy atom. The topological polar surface area (TPSA) is 32.3 Å². The van der Waals surface area contributed by atoms with Crippen LogP contribution < -0.4 is 5.32 Å². The molecule has 0 aliphatic carbocycles. The molecular weight excluding hydrogens is 351 g/mol. The maximum absolute atomic E-state index is 13.1. The van der Waals surface area contributed by atoms with Crippen molar-refractivity contribution in [2.24, 2.45) is 0 Å². The number of halogens is 3. The standard InChI is InChI=1S/C22H28F3NO/c1-20(2,3)17-11-15(13-26-21(4,5)6)19(27)18(12-17)14-8-7-9-16(10-14)22(23,24)25/h7-12,26-27H,13H2,1-6H3. The van der Waals surface area contributed by atoms with Gasteiger partial charge in [0.15, 0.2) is 0 Å². The molecule has 0 saturated carbocycles. The van der Waals surface area contributed by atoms with E-state index in [9.17, 15) is 18.3 Å². The van der Waals surface area contributed by atoms with Crippen molar-refractivity contribution in [2.45, 2.75) is 65.2 Å². The third-order valence-corrected chi connectivity index (χ3v) is 4.36. The van der Waals surface area contributed by atoms with Gasteiger partial charge in [0.25, 0.3) is 0 Å². The molecule has 5 heteroatoms. The Hall–Kier alpha value is -2.01. The van der Waals surface area contributed by atoms with Crippen molar-refractivity contribution in [1.82, 2.24) is 5.32 Å². The number of benzene rings is 2. The van der Waals surface area contributed by atoms with Crippen LogP contribution in [0.25, 0.3) is 11.1 Å². The van der Waals surface area contributed by atoms with E-state index in [0.29, 0.717) is 23.2 Å². The van der Waals surface area contributed by atoms with Crippen molar-refractivity contribution < 1.29 is 18.3 Å². The molecule has 2 aromatic carbocycles. The third-order valence-electron chi connectivity index (χ3n) is 4.36. The number of rotatable bonds is 3. The molecule has 2 nitrogen and oxygen atoms in total. The van der Waals surface area contributed by atoms with Crippen molar-refractivity contribution in [3.8, 4) is 16.9 Å². The smallest absolute Gasteiger partial charge is 0.416 e. The maximum atomic E-state index is 13.1. The number of hydrogen-bond donors (Lipinski definition) is 2. The summed E-state index contributed by atoms with van der Waals surface area (Å²) in [6.45, 7) is 12.6. The predicted octanol–water partition coefficient (Wildman–Crippen LogP) is 6.26. The van der Waals surface area contributed by atoms with Crippen LogP contribution in [-0.4, -0.2) is 10.6 Å². The van der Waals surface area contributed by atoms with Gasteiger partial charge in [-0.2, -0.15) is 13.2 Å². The Bertz CT molecular complexity index is 812. The van der Waals surface area contributed by atoms with Crippen LogP contribution in [0.3, 0.4) is 0 Å². The first-order valence-electron chi connectivity index (χ1n) is 8.97. The quantitative estimate of drug-likeness (QED) is 0.659. The van der Waals surface area contributed by atoms with E-state index in [2.05, 4.69) is 5.32 Å². The zero-order chi connectivity index (χ0) is 20.6. The summed E-state index contributed by atoms with van der Waals surface area (Å²) in [5.41, 5.74) is 1.31. The molecule has 2 rings (SSSR count). The lowest BCUT2D eigenvalue weighted by atomic mass is 9.83. The van der Waals surface area contributed by atoms with E-state index in [1.54, 1.807) is 12.1 Å². The van der Waals surface area contributed by atoms with Crippen molar-refractivity contribution in [3.63, 3.8) is 0 Å². The highest BCUT2D eigenvalue weighted by Crippen LogP contribution is 2.39. The molecule has 27 heavy (non-hydrogen) atoms. The first-order valence-corrected chi connectivity index (χ1v) is 8.97. The number of phenols is 1. The molecule has 0 radical (unpaired) electrons. The maximum Gasteiger partial charge on any atom is 0.416 e. The molecule has 0 aliphatic rings. The molecule has 148 valence electrons. The summed E-state index contributed by atoms with van der Waals surface area (Å²) in [4.78, 5) is 0. The molecule has 0 spiro atoms. The van der Waals surface area contributed by atoms with Gasteiger partial charge in [-0.15, -0.1) is 0 Å². The van der Waals surface area contributed by atoms with Crippen LogP contribution >= 0.6 is 0 Å². The van der Waals surface area contributed by atoms with E-state index in [1.807, 2.05) is 47.6 Å². The van der Waals surface area contributed by atoms with E-state index in [1.165, 1.54) is 6.07 Å². The van der Waals surface area contributed by atoms with Gasteiger partial charge in [-0.25, -0.2) is 0 Å². The highest BCUT2D eigenvalue weighted by molar-refractivity contribution is 5.73. The lowest BCUT2D eigenvalue weighted by Gasteiger charge is -2.25. The Morgan fingerprint density at radius 2 is 1.52 bits per heavy atom. The van der Waals surface area contributed by atoms with Crippen molar-refractivity contribution >= 4 is 0 Å². The average Bonchev–Trinajstić information content (AvgIpc) is 2.51.